The van der Waals surface area contributed by atoms with E-state index in [0.717, 1.165) is 0 Å². The predicted octanol–water partition coefficient (Wildman–Crippen LogP) is 0.992. The zero-order chi connectivity index (χ0) is 25.5. The minimum atomic E-state index is -1.22. The van der Waals surface area contributed by atoms with Crippen LogP contribution in [0.5, 0.6) is 0 Å². The molecule has 0 bridgehead atoms. The number of hydrogen-bond donors (Lipinski definition) is 4. The summed E-state index contributed by atoms with van der Waals surface area (Å²) in [5.74, 6) is -2.90. The van der Waals surface area contributed by atoms with Gasteiger partial charge < -0.3 is 25.8 Å². The maximum atomic E-state index is 12.5. The molecule has 0 fully saturated rings. The Hall–Kier alpha value is -2.87. The van der Waals surface area contributed by atoms with Crippen molar-refractivity contribution < 1.29 is 38.7 Å². The average molecular weight is 535 g/mol. The molecule has 0 saturated heterocycles. The van der Waals surface area contributed by atoms with Gasteiger partial charge in [0.05, 0.1) is 18.9 Å². The molecule has 0 heterocycles. The molecule has 0 aliphatic carbocycles. The number of hydroxylamine groups is 1. The molecular formula is C21H31ClN4O8S. The molecule has 1 aromatic carbocycles. The van der Waals surface area contributed by atoms with Crippen molar-refractivity contribution >= 4 is 58.8 Å². The number of thioether (sulfide) groups is 1. The molecule has 2 unspecified atom stereocenters. The number of esters is 2. The fourth-order valence-electron chi connectivity index (χ4n) is 2.49. The third-order valence-corrected chi connectivity index (χ3v) is 5.10. The Labute approximate surface area is 213 Å². The van der Waals surface area contributed by atoms with E-state index < -0.39 is 47.6 Å². The van der Waals surface area contributed by atoms with Gasteiger partial charge in [0.15, 0.2) is 0 Å². The number of amides is 3. The first kappa shape index (κ1) is 32.1. The number of hydrogen-bond acceptors (Lipinski definition) is 10. The van der Waals surface area contributed by atoms with Gasteiger partial charge in [0.25, 0.3) is 0 Å². The molecule has 0 aliphatic heterocycles. The monoisotopic (exact) mass is 534 g/mol. The number of halogens is 1. The summed E-state index contributed by atoms with van der Waals surface area (Å²) in [6.45, 7) is 3.09. The van der Waals surface area contributed by atoms with Crippen LogP contribution in [0.2, 0.25) is 0 Å². The Bertz CT molecular complexity index is 846. The number of nitrogens with zero attached hydrogens (tertiary/aromatic N) is 1. The first-order valence-electron chi connectivity index (χ1n) is 10.5. The highest BCUT2D eigenvalue weighted by atomic mass is 35.5. The molecule has 12 nitrogen and oxygen atoms in total. The van der Waals surface area contributed by atoms with Crippen molar-refractivity contribution in [3.8, 4) is 0 Å². The van der Waals surface area contributed by atoms with Crippen LogP contribution in [0.4, 0.5) is 10.5 Å². The fraction of sp³-hybridized carbons (Fsp3) is 0.476. The Morgan fingerprint density at radius 2 is 1.71 bits per heavy atom. The predicted molar refractivity (Wildman–Crippen MR) is 131 cm³/mol. The van der Waals surface area contributed by atoms with E-state index in [0.29, 0.717) is 16.8 Å². The largest absolute Gasteiger partial charge is 0.465 e. The van der Waals surface area contributed by atoms with Gasteiger partial charge >= 0.3 is 17.2 Å². The molecule has 0 spiro atoms. The number of benzene rings is 1. The zero-order valence-corrected chi connectivity index (χ0v) is 21.1. The number of anilines is 1. The van der Waals surface area contributed by atoms with Crippen molar-refractivity contribution in [2.45, 2.75) is 38.8 Å². The zero-order valence-electron chi connectivity index (χ0n) is 19.4. The van der Waals surface area contributed by atoms with Crippen molar-refractivity contribution in [3.63, 3.8) is 0 Å². The van der Waals surface area contributed by atoms with Crippen LogP contribution in [0.25, 0.3) is 0 Å². The quantitative estimate of drug-likeness (QED) is 0.162. The van der Waals surface area contributed by atoms with Crippen LogP contribution in [0.3, 0.4) is 0 Å². The second-order valence-corrected chi connectivity index (χ2v) is 7.74. The van der Waals surface area contributed by atoms with Crippen LogP contribution in [0, 0.1) is 0 Å². The van der Waals surface area contributed by atoms with Crippen molar-refractivity contribution in [2.24, 2.45) is 5.73 Å². The molecular weight excluding hydrogens is 504 g/mol. The Balaban J connectivity index is 0.0000116. The highest BCUT2D eigenvalue weighted by molar-refractivity contribution is 8.13. The van der Waals surface area contributed by atoms with E-state index in [1.807, 2.05) is 0 Å². The Morgan fingerprint density at radius 1 is 1.09 bits per heavy atom. The van der Waals surface area contributed by atoms with Crippen molar-refractivity contribution in [1.29, 1.82) is 0 Å². The number of carbonyl (C=O) groups excluding carboxylic acids is 5. The highest BCUT2D eigenvalue weighted by Gasteiger charge is 2.25. The van der Waals surface area contributed by atoms with E-state index in [1.165, 1.54) is 12.1 Å². The summed E-state index contributed by atoms with van der Waals surface area (Å²) in [6, 6.07) is 5.76. The van der Waals surface area contributed by atoms with E-state index >= 15 is 0 Å². The van der Waals surface area contributed by atoms with Gasteiger partial charge in [-0.1, -0.05) is 30.0 Å². The lowest BCUT2D eigenvalue weighted by molar-refractivity contribution is -0.145. The second kappa shape index (κ2) is 17.5. The van der Waals surface area contributed by atoms with Crippen LogP contribution in [-0.2, 0) is 28.7 Å². The number of para-hydroxylation sites is 1. The SMILES string of the molecule is CCOC(=O)CNC(=O)C(CSC(=O)N(O)c1ccccc1)NC(=O)CCC(N)C(=O)OCC.Cl. The lowest BCUT2D eigenvalue weighted by atomic mass is 10.1. The van der Waals surface area contributed by atoms with E-state index in [1.54, 1.807) is 32.0 Å². The van der Waals surface area contributed by atoms with Crippen LogP contribution >= 0.6 is 24.2 Å². The summed E-state index contributed by atoms with van der Waals surface area (Å²) < 4.78 is 9.52. The summed E-state index contributed by atoms with van der Waals surface area (Å²) in [5.41, 5.74) is 5.89. The Kier molecular flexibility index (Phi) is 16.1. The van der Waals surface area contributed by atoms with Gasteiger partial charge in [0.1, 0.15) is 18.6 Å². The van der Waals surface area contributed by atoms with Crippen molar-refractivity contribution in [1.82, 2.24) is 10.6 Å². The van der Waals surface area contributed by atoms with Gasteiger partial charge in [-0.15, -0.1) is 12.4 Å². The standard InChI is InChI=1S/C21H30N4O8S.ClH/c1-3-32-18(27)12-23-19(28)16(24-17(26)11-10-15(22)20(29)33-4-2)13-34-21(30)25(31)14-8-6-5-7-9-14;/h5-9,15-16,31H,3-4,10-13,22H2,1-2H3,(H,23,28)(H,24,26);1H. The van der Waals surface area contributed by atoms with Gasteiger partial charge in [0, 0.05) is 12.2 Å². The molecule has 1 rings (SSSR count). The third kappa shape index (κ3) is 12.4. The number of nitrogens with one attached hydrogen (secondary N) is 2. The molecule has 14 heteroatoms. The molecule has 3 amide bonds. The first-order valence-corrected chi connectivity index (χ1v) is 11.5. The van der Waals surface area contributed by atoms with Crippen molar-refractivity contribution in [2.75, 3.05) is 30.6 Å². The topological polar surface area (TPSA) is 177 Å². The molecule has 0 radical (unpaired) electrons. The average Bonchev–Trinajstić information content (AvgIpc) is 2.83. The maximum Gasteiger partial charge on any atom is 0.325 e. The summed E-state index contributed by atoms with van der Waals surface area (Å²) in [7, 11) is 0. The van der Waals surface area contributed by atoms with Crippen molar-refractivity contribution in [3.05, 3.63) is 30.3 Å². The van der Waals surface area contributed by atoms with Gasteiger partial charge in [-0.25, -0.2) is 0 Å². The minimum Gasteiger partial charge on any atom is -0.465 e. The number of nitrogens with two attached hydrogens (primary N) is 1. The first-order chi connectivity index (χ1) is 16.2. The van der Waals surface area contributed by atoms with E-state index in [9.17, 15) is 29.2 Å². The maximum absolute atomic E-state index is 12.5. The number of carbonyl (C=O) groups is 5. The number of ether oxygens (including phenoxy) is 2. The highest BCUT2D eigenvalue weighted by Crippen LogP contribution is 2.17. The van der Waals surface area contributed by atoms with Crippen LogP contribution in [0.1, 0.15) is 26.7 Å². The van der Waals surface area contributed by atoms with Gasteiger partial charge in [-0.05, 0) is 32.4 Å². The minimum absolute atomic E-state index is 0. The molecule has 0 saturated carbocycles. The number of rotatable bonds is 13. The van der Waals surface area contributed by atoms with Gasteiger partial charge in [0.2, 0.25) is 11.8 Å². The molecule has 1 aromatic rings. The van der Waals surface area contributed by atoms with E-state index in [-0.39, 0.29) is 49.9 Å². The molecule has 5 N–H and O–H groups in total. The molecule has 0 aliphatic rings. The summed E-state index contributed by atoms with van der Waals surface area (Å²) >= 11 is 0.585. The molecule has 35 heavy (non-hydrogen) atoms. The third-order valence-electron chi connectivity index (χ3n) is 4.18. The molecule has 196 valence electrons. The summed E-state index contributed by atoms with van der Waals surface area (Å²) in [5, 5.41) is 14.5. The second-order valence-electron chi connectivity index (χ2n) is 6.76. The van der Waals surface area contributed by atoms with E-state index in [2.05, 4.69) is 10.6 Å². The smallest absolute Gasteiger partial charge is 0.325 e. The molecule has 0 aromatic heterocycles. The van der Waals surface area contributed by atoms with Crippen LogP contribution in [0.15, 0.2) is 30.3 Å². The summed E-state index contributed by atoms with van der Waals surface area (Å²) in [6.07, 6.45) is -0.206. The molecule has 2 atom stereocenters. The normalized spacial score (nSPS) is 11.8. The lowest BCUT2D eigenvalue weighted by Crippen LogP contribution is -2.50. The van der Waals surface area contributed by atoms with Crippen LogP contribution < -0.4 is 21.4 Å². The van der Waals surface area contributed by atoms with E-state index in [4.69, 9.17) is 15.2 Å². The summed E-state index contributed by atoms with van der Waals surface area (Å²) in [4.78, 5) is 60.3. The lowest BCUT2D eigenvalue weighted by Gasteiger charge is -2.20. The fourth-order valence-corrected chi connectivity index (χ4v) is 3.26. The van der Waals surface area contributed by atoms with Gasteiger partial charge in [-0.3, -0.25) is 29.2 Å². The van der Waals surface area contributed by atoms with Gasteiger partial charge in [-0.2, -0.15) is 5.06 Å². The van der Waals surface area contributed by atoms with Crippen LogP contribution in [-0.4, -0.2) is 71.8 Å². The Morgan fingerprint density at radius 3 is 2.31 bits per heavy atom.